The lowest BCUT2D eigenvalue weighted by Crippen LogP contribution is -2.42. The maximum atomic E-state index is 13.7. The highest BCUT2D eigenvalue weighted by atomic mass is 16.6. The van der Waals surface area contributed by atoms with Gasteiger partial charge in [-0.15, -0.1) is 0 Å². The second-order valence-electron chi connectivity index (χ2n) is 10.5. The minimum Gasteiger partial charge on any atom is -0.442 e. The van der Waals surface area contributed by atoms with Crippen LogP contribution in [0.1, 0.15) is 69.7 Å². The Kier molecular flexibility index (Phi) is 6.13. The topological polar surface area (TPSA) is 88.0 Å². The number of hydrazone groups is 1. The average Bonchev–Trinajstić information content (AvgIpc) is 3.68. The molecule has 1 aromatic carbocycles. The van der Waals surface area contributed by atoms with Crippen molar-refractivity contribution in [1.29, 1.82) is 0 Å². The third kappa shape index (κ3) is 5.42. The first-order chi connectivity index (χ1) is 16.8. The summed E-state index contributed by atoms with van der Waals surface area (Å²) in [6.07, 6.45) is 8.10. The lowest BCUT2D eigenvalue weighted by molar-refractivity contribution is 0.0333. The number of fused-ring (bicyclic) bond motifs is 2. The molecule has 5 rings (SSSR count). The van der Waals surface area contributed by atoms with E-state index in [1.54, 1.807) is 12.4 Å². The van der Waals surface area contributed by atoms with Gasteiger partial charge >= 0.3 is 6.09 Å². The molecule has 0 radical (unpaired) electrons. The van der Waals surface area contributed by atoms with Crippen molar-refractivity contribution in [3.8, 4) is 11.3 Å². The van der Waals surface area contributed by atoms with Crippen molar-refractivity contribution in [1.82, 2.24) is 20.1 Å². The van der Waals surface area contributed by atoms with Crippen LogP contribution in [-0.4, -0.2) is 55.5 Å². The number of hydrogen-bond donors (Lipinski definition) is 0. The first-order valence-corrected chi connectivity index (χ1v) is 12.3. The van der Waals surface area contributed by atoms with Gasteiger partial charge in [0.25, 0.3) is 5.91 Å². The fourth-order valence-corrected chi connectivity index (χ4v) is 4.71. The van der Waals surface area contributed by atoms with Gasteiger partial charge in [0.05, 0.1) is 5.69 Å². The van der Waals surface area contributed by atoms with Crippen molar-refractivity contribution in [3.05, 3.63) is 59.9 Å². The Labute approximate surface area is 205 Å². The van der Waals surface area contributed by atoms with E-state index in [-0.39, 0.29) is 18.0 Å². The smallest absolute Gasteiger partial charge is 0.435 e. The molecule has 2 aliphatic carbocycles. The maximum absolute atomic E-state index is 13.7. The van der Waals surface area contributed by atoms with E-state index in [0.29, 0.717) is 5.56 Å². The number of carbonyl (C=O) groups excluding carboxylic acids is 2. The van der Waals surface area contributed by atoms with E-state index in [0.717, 1.165) is 61.1 Å². The lowest BCUT2D eigenvalue weighted by Gasteiger charge is -2.32. The summed E-state index contributed by atoms with van der Waals surface area (Å²) in [5.41, 5.74) is 3.88. The van der Waals surface area contributed by atoms with Crippen LogP contribution >= 0.6 is 0 Å². The van der Waals surface area contributed by atoms with Crippen LogP contribution < -0.4 is 0 Å². The van der Waals surface area contributed by atoms with Gasteiger partial charge in [-0.05, 0) is 82.7 Å². The molecule has 1 aromatic heterocycles. The van der Waals surface area contributed by atoms with Crippen LogP contribution in [-0.2, 0) is 4.74 Å². The van der Waals surface area contributed by atoms with Crippen LogP contribution in [0.25, 0.3) is 11.3 Å². The largest absolute Gasteiger partial charge is 0.442 e. The number of carbonyl (C=O) groups is 2. The summed E-state index contributed by atoms with van der Waals surface area (Å²) < 4.78 is 5.51. The predicted octanol–water partition coefficient (Wildman–Crippen LogP) is 5.18. The van der Waals surface area contributed by atoms with Gasteiger partial charge in [-0.25, -0.2) is 4.79 Å². The Morgan fingerprint density at radius 3 is 2.49 bits per heavy atom. The van der Waals surface area contributed by atoms with Gasteiger partial charge < -0.3 is 9.64 Å². The van der Waals surface area contributed by atoms with Gasteiger partial charge in [-0.1, -0.05) is 12.1 Å². The average molecular weight is 474 g/mol. The summed E-state index contributed by atoms with van der Waals surface area (Å²) >= 11 is 0. The number of nitrogens with zero attached hydrogens (tertiary/aromatic N) is 5. The van der Waals surface area contributed by atoms with Crippen molar-refractivity contribution >= 4 is 17.7 Å². The second-order valence-corrected chi connectivity index (χ2v) is 10.5. The van der Waals surface area contributed by atoms with Crippen molar-refractivity contribution in [2.45, 2.75) is 77.0 Å². The molecule has 182 valence electrons. The van der Waals surface area contributed by atoms with E-state index in [1.807, 2.05) is 57.2 Å². The molecule has 2 fully saturated rings. The van der Waals surface area contributed by atoms with Crippen LogP contribution in [0.3, 0.4) is 0 Å². The molecule has 2 aromatic rings. The third-order valence-electron chi connectivity index (χ3n) is 6.40. The molecule has 0 saturated heterocycles. The van der Waals surface area contributed by atoms with Crippen LogP contribution in [0.4, 0.5) is 4.79 Å². The van der Waals surface area contributed by atoms with Crippen LogP contribution in [0.5, 0.6) is 0 Å². The van der Waals surface area contributed by atoms with Gasteiger partial charge in [0.2, 0.25) is 0 Å². The van der Waals surface area contributed by atoms with Gasteiger partial charge in [-0.2, -0.15) is 20.3 Å². The minimum absolute atomic E-state index is 0.0613. The Morgan fingerprint density at radius 1 is 1.06 bits per heavy atom. The highest BCUT2D eigenvalue weighted by molar-refractivity contribution is 5.95. The number of amides is 2. The van der Waals surface area contributed by atoms with Crippen LogP contribution in [0.15, 0.2) is 59.5 Å². The van der Waals surface area contributed by atoms with E-state index in [4.69, 9.17) is 4.74 Å². The summed E-state index contributed by atoms with van der Waals surface area (Å²) in [6, 6.07) is 11.7. The van der Waals surface area contributed by atoms with E-state index >= 15 is 0 Å². The van der Waals surface area contributed by atoms with Crippen molar-refractivity contribution < 1.29 is 14.3 Å². The van der Waals surface area contributed by atoms with Crippen molar-refractivity contribution in [2.75, 3.05) is 0 Å². The molecule has 1 atom stereocenters. The van der Waals surface area contributed by atoms with Gasteiger partial charge in [0, 0.05) is 47.7 Å². The Morgan fingerprint density at radius 2 is 1.83 bits per heavy atom. The number of benzene rings is 1. The highest BCUT2D eigenvalue weighted by Crippen LogP contribution is 2.37. The number of rotatable bonds is 4. The quantitative estimate of drug-likeness (QED) is 0.610. The third-order valence-corrected chi connectivity index (χ3v) is 6.40. The lowest BCUT2D eigenvalue weighted by atomic mass is 10.0. The fourth-order valence-electron chi connectivity index (χ4n) is 4.71. The van der Waals surface area contributed by atoms with Gasteiger partial charge in [-0.3, -0.25) is 4.79 Å². The van der Waals surface area contributed by atoms with E-state index < -0.39 is 11.7 Å². The summed E-state index contributed by atoms with van der Waals surface area (Å²) in [7, 11) is 0. The number of aromatic nitrogens is 2. The van der Waals surface area contributed by atoms with E-state index in [9.17, 15) is 9.59 Å². The summed E-state index contributed by atoms with van der Waals surface area (Å²) in [5.74, 6) is 0.0613. The molecule has 0 spiro atoms. The molecule has 2 heterocycles. The second kappa shape index (κ2) is 9.24. The number of hydrogen-bond acceptors (Lipinski definition) is 6. The molecule has 1 aliphatic heterocycles. The maximum Gasteiger partial charge on any atom is 0.435 e. The Balaban J connectivity index is 1.34. The molecule has 8 heteroatoms. The normalized spacial score (nSPS) is 19.9. The first-order valence-electron chi connectivity index (χ1n) is 12.3. The van der Waals surface area contributed by atoms with E-state index in [1.165, 1.54) is 5.01 Å². The molecular formula is C27H31N5O3. The standard InChI is InChI=1S/C27H31N5O3/c1-27(2,3)35-26(34)31-17-18-15-21(30-31)10-11-23(16-18)32(22-12-13-22)25(33)20-8-6-19(7-9-20)24-5-4-14-28-29-24/h4-9,14,17,22-23H,10-13,15-16H2,1-3H3. The molecule has 8 nitrogen and oxygen atoms in total. The predicted molar refractivity (Wildman–Crippen MR) is 133 cm³/mol. The molecular weight excluding hydrogens is 442 g/mol. The van der Waals surface area contributed by atoms with Crippen molar-refractivity contribution in [2.24, 2.45) is 5.10 Å². The summed E-state index contributed by atoms with van der Waals surface area (Å²) in [5, 5.41) is 13.9. The fraction of sp³-hybridized carbons (Fsp3) is 0.444. The monoisotopic (exact) mass is 473 g/mol. The molecule has 2 bridgehead atoms. The Bertz CT molecular complexity index is 1160. The SMILES string of the molecule is CC(C)(C)OC(=O)N1C=C2CC(=N1)CCC(N(C(=O)c1ccc(-c3cccnn3)cc1)C1CC1)C2. The minimum atomic E-state index is -0.585. The zero-order valence-electron chi connectivity index (χ0n) is 20.5. The van der Waals surface area contributed by atoms with E-state index in [2.05, 4.69) is 20.2 Å². The zero-order chi connectivity index (χ0) is 24.6. The molecule has 1 unspecified atom stereocenters. The van der Waals surface area contributed by atoms with Crippen LogP contribution in [0.2, 0.25) is 0 Å². The molecule has 3 aliphatic rings. The summed E-state index contributed by atoms with van der Waals surface area (Å²) in [4.78, 5) is 28.3. The molecule has 0 N–H and O–H groups in total. The molecule has 2 saturated carbocycles. The molecule has 35 heavy (non-hydrogen) atoms. The van der Waals surface area contributed by atoms with Crippen LogP contribution in [0, 0.1) is 0 Å². The van der Waals surface area contributed by atoms with Gasteiger partial charge in [0.1, 0.15) is 5.60 Å². The summed E-state index contributed by atoms with van der Waals surface area (Å²) in [6.45, 7) is 5.53. The molecule has 2 amide bonds. The number of ether oxygens (including phenoxy) is 1. The zero-order valence-corrected chi connectivity index (χ0v) is 20.5. The highest BCUT2D eigenvalue weighted by Gasteiger charge is 2.39. The first kappa shape index (κ1) is 23.2. The van der Waals surface area contributed by atoms with Gasteiger partial charge in [0.15, 0.2) is 0 Å². The Hall–Kier alpha value is -3.55. The van der Waals surface area contributed by atoms with Crippen molar-refractivity contribution in [3.63, 3.8) is 0 Å².